The number of amides is 1. The lowest BCUT2D eigenvalue weighted by Gasteiger charge is -2.20. The number of halogens is 1. The number of ether oxygens (including phenoxy) is 1. The Morgan fingerprint density at radius 3 is 2.14 bits per heavy atom. The minimum Gasteiger partial charge on any atom is -0.455 e. The monoisotopic (exact) mass is 401 g/mol. The van der Waals surface area contributed by atoms with E-state index in [0.717, 1.165) is 11.1 Å². The standard InChI is InChI=1S/C23H28ClNO3/c1-14(2)22(18-8-10-20(24)11-9-18)23(27)28-13-21(26)25-17(5)19-7-6-15(3)16(4)12-19/h6-12,14,17,22H,13H2,1-5H3,(H,25,26)/t17-,22+/m1/s1. The number of rotatable bonds is 7. The third kappa shape index (κ3) is 5.83. The minimum atomic E-state index is -0.442. The van der Waals surface area contributed by atoms with Crippen molar-refractivity contribution in [2.24, 2.45) is 5.92 Å². The highest BCUT2D eigenvalue weighted by Gasteiger charge is 2.26. The molecule has 0 spiro atoms. The van der Waals surface area contributed by atoms with Gasteiger partial charge in [0.25, 0.3) is 5.91 Å². The van der Waals surface area contributed by atoms with Gasteiger partial charge in [-0.15, -0.1) is 0 Å². The van der Waals surface area contributed by atoms with Gasteiger partial charge < -0.3 is 10.1 Å². The number of carbonyl (C=O) groups excluding carboxylic acids is 2. The third-order valence-electron chi connectivity index (χ3n) is 4.90. The molecule has 0 radical (unpaired) electrons. The van der Waals surface area contributed by atoms with Gasteiger partial charge in [0.2, 0.25) is 0 Å². The van der Waals surface area contributed by atoms with Crippen molar-refractivity contribution in [1.82, 2.24) is 5.32 Å². The van der Waals surface area contributed by atoms with Gasteiger partial charge in [-0.1, -0.05) is 55.8 Å². The van der Waals surface area contributed by atoms with E-state index >= 15 is 0 Å². The maximum Gasteiger partial charge on any atom is 0.314 e. The van der Waals surface area contributed by atoms with Gasteiger partial charge in [-0.05, 0) is 61.1 Å². The molecule has 0 bridgehead atoms. The Bertz CT molecular complexity index is 830. The Balaban J connectivity index is 1.95. The number of benzene rings is 2. The Kier molecular flexibility index (Phi) is 7.64. The first-order chi connectivity index (χ1) is 13.2. The van der Waals surface area contributed by atoms with Crippen LogP contribution in [0.25, 0.3) is 0 Å². The molecule has 2 atom stereocenters. The van der Waals surface area contributed by atoms with Crippen LogP contribution in [0.4, 0.5) is 0 Å². The number of carbonyl (C=O) groups is 2. The maximum atomic E-state index is 12.6. The van der Waals surface area contributed by atoms with Crippen LogP contribution in [0.2, 0.25) is 5.02 Å². The molecule has 0 unspecified atom stereocenters. The van der Waals surface area contributed by atoms with Gasteiger partial charge in [-0.25, -0.2) is 0 Å². The van der Waals surface area contributed by atoms with Crippen LogP contribution < -0.4 is 5.32 Å². The van der Waals surface area contributed by atoms with Crippen LogP contribution in [0.15, 0.2) is 42.5 Å². The number of aryl methyl sites for hydroxylation is 2. The molecule has 0 heterocycles. The Morgan fingerprint density at radius 2 is 1.57 bits per heavy atom. The summed E-state index contributed by atoms with van der Waals surface area (Å²) in [5, 5.41) is 3.49. The molecule has 0 aliphatic heterocycles. The summed E-state index contributed by atoms with van der Waals surface area (Å²) in [6.45, 7) is 9.59. The molecule has 0 aliphatic carbocycles. The van der Waals surface area contributed by atoms with E-state index in [1.165, 1.54) is 11.1 Å². The summed E-state index contributed by atoms with van der Waals surface area (Å²) in [5.41, 5.74) is 4.23. The quantitative estimate of drug-likeness (QED) is 0.655. The second-order valence-electron chi connectivity index (χ2n) is 7.51. The molecule has 1 amide bonds. The Hall–Kier alpha value is -2.33. The van der Waals surface area contributed by atoms with Crippen LogP contribution in [-0.2, 0) is 14.3 Å². The first-order valence-electron chi connectivity index (χ1n) is 9.47. The summed E-state index contributed by atoms with van der Waals surface area (Å²) >= 11 is 5.93. The second-order valence-corrected chi connectivity index (χ2v) is 7.95. The van der Waals surface area contributed by atoms with Crippen molar-refractivity contribution in [3.63, 3.8) is 0 Å². The molecule has 0 aromatic heterocycles. The fourth-order valence-corrected chi connectivity index (χ4v) is 3.22. The van der Waals surface area contributed by atoms with E-state index in [9.17, 15) is 9.59 Å². The molecule has 0 fully saturated rings. The number of esters is 1. The molecular formula is C23H28ClNO3. The normalized spacial score (nSPS) is 13.1. The van der Waals surface area contributed by atoms with Crippen molar-refractivity contribution in [2.45, 2.75) is 46.6 Å². The molecular weight excluding hydrogens is 374 g/mol. The molecule has 150 valence electrons. The van der Waals surface area contributed by atoms with Crippen molar-refractivity contribution in [3.05, 3.63) is 69.7 Å². The zero-order valence-electron chi connectivity index (χ0n) is 17.1. The van der Waals surface area contributed by atoms with Crippen LogP contribution in [0, 0.1) is 19.8 Å². The van der Waals surface area contributed by atoms with Crippen molar-refractivity contribution in [3.8, 4) is 0 Å². The Labute approximate surface area is 172 Å². The lowest BCUT2D eigenvalue weighted by atomic mass is 9.88. The highest BCUT2D eigenvalue weighted by Crippen LogP contribution is 2.27. The van der Waals surface area contributed by atoms with Crippen LogP contribution >= 0.6 is 11.6 Å². The molecule has 2 aromatic carbocycles. The van der Waals surface area contributed by atoms with E-state index in [4.69, 9.17) is 16.3 Å². The highest BCUT2D eigenvalue weighted by atomic mass is 35.5. The summed E-state index contributed by atoms with van der Waals surface area (Å²) in [6, 6.07) is 13.0. The van der Waals surface area contributed by atoms with Gasteiger partial charge >= 0.3 is 5.97 Å². The molecule has 0 aliphatic rings. The summed E-state index contributed by atoms with van der Waals surface area (Å²) in [7, 11) is 0. The first-order valence-corrected chi connectivity index (χ1v) is 9.85. The minimum absolute atomic E-state index is 0.0335. The van der Waals surface area contributed by atoms with Gasteiger partial charge in [0.15, 0.2) is 6.61 Å². The Morgan fingerprint density at radius 1 is 0.964 bits per heavy atom. The zero-order valence-corrected chi connectivity index (χ0v) is 17.8. The molecule has 0 saturated carbocycles. The largest absolute Gasteiger partial charge is 0.455 e. The second kappa shape index (κ2) is 9.74. The number of hydrogen-bond acceptors (Lipinski definition) is 3. The van der Waals surface area contributed by atoms with Crippen LogP contribution in [0.5, 0.6) is 0 Å². The van der Waals surface area contributed by atoms with Crippen LogP contribution in [0.1, 0.15) is 55.0 Å². The highest BCUT2D eigenvalue weighted by molar-refractivity contribution is 6.30. The van der Waals surface area contributed by atoms with Crippen LogP contribution in [-0.4, -0.2) is 18.5 Å². The molecule has 28 heavy (non-hydrogen) atoms. The van der Waals surface area contributed by atoms with E-state index < -0.39 is 11.9 Å². The van der Waals surface area contributed by atoms with Crippen molar-refractivity contribution < 1.29 is 14.3 Å². The van der Waals surface area contributed by atoms with Crippen molar-refractivity contribution in [1.29, 1.82) is 0 Å². The first kappa shape index (κ1) is 22.0. The van der Waals surface area contributed by atoms with Crippen LogP contribution in [0.3, 0.4) is 0 Å². The van der Waals surface area contributed by atoms with Crippen molar-refractivity contribution >= 4 is 23.5 Å². The number of nitrogens with one attached hydrogen (secondary N) is 1. The molecule has 5 heteroatoms. The summed E-state index contributed by atoms with van der Waals surface area (Å²) in [4.78, 5) is 24.8. The van der Waals surface area contributed by atoms with Gasteiger partial charge in [0.05, 0.1) is 12.0 Å². The third-order valence-corrected chi connectivity index (χ3v) is 5.16. The fourth-order valence-electron chi connectivity index (χ4n) is 3.09. The van der Waals surface area contributed by atoms with E-state index in [0.29, 0.717) is 5.02 Å². The predicted octanol–water partition coefficient (Wildman–Crippen LogP) is 5.12. The lowest BCUT2D eigenvalue weighted by Crippen LogP contribution is -2.32. The molecule has 2 rings (SSSR count). The lowest BCUT2D eigenvalue weighted by molar-refractivity contribution is -0.151. The maximum absolute atomic E-state index is 12.6. The van der Waals surface area contributed by atoms with Gasteiger partial charge in [0.1, 0.15) is 0 Å². The van der Waals surface area contributed by atoms with E-state index in [2.05, 4.69) is 11.4 Å². The predicted molar refractivity (Wildman–Crippen MR) is 112 cm³/mol. The smallest absolute Gasteiger partial charge is 0.314 e. The molecule has 0 saturated heterocycles. The van der Waals surface area contributed by atoms with E-state index in [1.807, 2.05) is 58.9 Å². The van der Waals surface area contributed by atoms with Crippen molar-refractivity contribution in [2.75, 3.05) is 6.61 Å². The number of hydrogen-bond donors (Lipinski definition) is 1. The summed E-state index contributed by atoms with van der Waals surface area (Å²) in [6.07, 6.45) is 0. The fraction of sp³-hybridized carbons (Fsp3) is 0.391. The van der Waals surface area contributed by atoms with Gasteiger partial charge in [-0.3, -0.25) is 9.59 Å². The molecule has 1 N–H and O–H groups in total. The van der Waals surface area contributed by atoms with Gasteiger partial charge in [0, 0.05) is 5.02 Å². The average molecular weight is 402 g/mol. The summed E-state index contributed by atoms with van der Waals surface area (Å²) in [5.74, 6) is -1.14. The molecule has 2 aromatic rings. The van der Waals surface area contributed by atoms with E-state index in [1.54, 1.807) is 12.1 Å². The van der Waals surface area contributed by atoms with E-state index in [-0.39, 0.29) is 24.5 Å². The average Bonchev–Trinajstić information content (AvgIpc) is 2.63. The zero-order chi connectivity index (χ0) is 20.8. The topological polar surface area (TPSA) is 55.4 Å². The molecule has 4 nitrogen and oxygen atoms in total. The van der Waals surface area contributed by atoms with Gasteiger partial charge in [-0.2, -0.15) is 0 Å². The SMILES string of the molecule is Cc1ccc([C@@H](C)NC(=O)COC(=O)[C@H](c2ccc(Cl)cc2)C(C)C)cc1C. The summed E-state index contributed by atoms with van der Waals surface area (Å²) < 4.78 is 5.31.